The van der Waals surface area contributed by atoms with Crippen LogP contribution in [0, 0.1) is 22.7 Å². The van der Waals surface area contributed by atoms with E-state index in [0.29, 0.717) is 11.4 Å². The van der Waals surface area contributed by atoms with Gasteiger partial charge in [0.1, 0.15) is 12.1 Å². The van der Waals surface area contributed by atoms with Gasteiger partial charge in [0.15, 0.2) is 0 Å². The van der Waals surface area contributed by atoms with Crippen LogP contribution < -0.4 is 0 Å². The molecule has 0 saturated carbocycles. The van der Waals surface area contributed by atoms with E-state index in [1.54, 1.807) is 22.7 Å². The number of hydrogen-bond donors (Lipinski definition) is 0. The van der Waals surface area contributed by atoms with Gasteiger partial charge in [-0.15, -0.1) is 22.7 Å². The van der Waals surface area contributed by atoms with Crippen molar-refractivity contribution in [1.82, 2.24) is 18.3 Å². The first-order chi connectivity index (χ1) is 37.7. The van der Waals surface area contributed by atoms with Crippen LogP contribution in [0.3, 0.4) is 0 Å². The van der Waals surface area contributed by atoms with E-state index in [4.69, 9.17) is 0 Å². The molecule has 17 aromatic rings. The molecule has 0 aliphatic carbocycles. The number of rotatable bonds is 4. The Kier molecular flexibility index (Phi) is 8.36. The zero-order valence-corrected chi connectivity index (χ0v) is 41.9. The lowest BCUT2D eigenvalue weighted by Gasteiger charge is -2.28. The van der Waals surface area contributed by atoms with E-state index in [9.17, 15) is 10.5 Å². The van der Waals surface area contributed by atoms with E-state index in [0.717, 1.165) is 119 Å². The van der Waals surface area contributed by atoms with E-state index in [1.807, 2.05) is 0 Å². The second-order valence-electron chi connectivity index (χ2n) is 19.7. The Labute approximate surface area is 440 Å². The minimum absolute atomic E-state index is 0.286. The molecule has 17 rings (SSSR count). The Morgan fingerprint density at radius 3 is 0.842 bits per heavy atom. The summed E-state index contributed by atoms with van der Waals surface area (Å²) in [5.74, 6) is 0. The summed E-state index contributed by atoms with van der Waals surface area (Å²) >= 11 is 3.55. The molecule has 11 aromatic carbocycles. The Bertz CT molecular complexity index is 5070. The van der Waals surface area contributed by atoms with Crippen molar-refractivity contribution in [2.45, 2.75) is 0 Å². The molecule has 76 heavy (non-hydrogen) atoms. The Hall–Kier alpha value is -9.96. The molecule has 0 N–H and O–H groups in total. The van der Waals surface area contributed by atoms with Crippen LogP contribution in [0.25, 0.3) is 150 Å². The fourth-order valence-corrected chi connectivity index (χ4v) is 15.5. The van der Waals surface area contributed by atoms with Crippen molar-refractivity contribution in [3.05, 3.63) is 230 Å². The quantitative estimate of drug-likeness (QED) is 0.176. The molecule has 0 radical (unpaired) electrons. The molecule has 0 saturated heterocycles. The number of fused-ring (bicyclic) bond motifs is 20. The van der Waals surface area contributed by atoms with E-state index in [2.05, 4.69) is 249 Å². The first-order valence-electron chi connectivity index (χ1n) is 25.4. The monoisotopic (exact) mass is 1000 g/mol. The van der Waals surface area contributed by atoms with Crippen molar-refractivity contribution >= 4 is 150 Å². The molecule has 0 fully saturated rings. The summed E-state index contributed by atoms with van der Waals surface area (Å²) in [6, 6.07) is 83.6. The van der Waals surface area contributed by atoms with Crippen LogP contribution in [0.4, 0.5) is 0 Å². The van der Waals surface area contributed by atoms with Crippen LogP contribution in [0.5, 0.6) is 0 Å². The van der Waals surface area contributed by atoms with E-state index in [-0.39, 0.29) is 11.1 Å². The zero-order valence-electron chi connectivity index (χ0n) is 40.3. The number of benzene rings is 11. The third-order valence-corrected chi connectivity index (χ3v) is 18.4. The molecule has 0 aliphatic heterocycles. The van der Waals surface area contributed by atoms with Gasteiger partial charge in [0, 0.05) is 74.0 Å². The number of para-hydroxylation sites is 6. The van der Waals surface area contributed by atoms with Gasteiger partial charge in [-0.1, -0.05) is 170 Å². The van der Waals surface area contributed by atoms with Gasteiger partial charge < -0.3 is 18.3 Å². The Morgan fingerprint density at radius 1 is 0.250 bits per heavy atom. The summed E-state index contributed by atoms with van der Waals surface area (Å²) < 4.78 is 14.1. The third-order valence-electron chi connectivity index (χ3n) is 16.0. The standard InChI is InChI=1S/C68H36N6S2/c69-37-51-52(38-70)62(74-58-30-14-6-22-44(58)48-34-36-50-46-24-8-16-32-60(46)76-68(50)64(48)74)66(72-55-27-11-3-19-41(55)42-20-4-12-28-56(42)72)65(71-53-25-9-1-17-39(53)40-18-2-10-26-54(40)71)61(51)73-57-29-13-5-21-43(57)47-33-35-49-45-23-7-15-31-59(45)75-67(49)63(47)73/h1-36H. The number of hydrogen-bond acceptors (Lipinski definition) is 4. The highest BCUT2D eigenvalue weighted by Crippen LogP contribution is 2.52. The fourth-order valence-electron chi connectivity index (χ4n) is 13.0. The molecule has 8 heteroatoms. The van der Waals surface area contributed by atoms with E-state index in [1.165, 1.54) is 20.2 Å². The predicted molar refractivity (Wildman–Crippen MR) is 319 cm³/mol. The fraction of sp³-hybridized carbons (Fsp3) is 0. The Morgan fingerprint density at radius 2 is 0.513 bits per heavy atom. The molecule has 6 heterocycles. The predicted octanol–water partition coefficient (Wildman–Crippen LogP) is 18.6. The average molecular weight is 1000 g/mol. The summed E-state index contributed by atoms with van der Waals surface area (Å²) in [7, 11) is 0. The SMILES string of the molecule is N#Cc1c(C#N)c(-n2c3ccccc3c3ccc4c5ccccc5sc4c32)c(-n2c3ccccc3c3ccccc32)c(-n2c3ccccc3c3ccccc32)c1-n1c2ccccc2c2ccc3c4ccccc4sc3c21. The minimum Gasteiger partial charge on any atom is -0.305 e. The summed E-state index contributed by atoms with van der Waals surface area (Å²) in [5, 5.41) is 38.2. The highest BCUT2D eigenvalue weighted by molar-refractivity contribution is 7.27. The average Bonchev–Trinajstić information content (AvgIpc) is 4.34. The lowest BCUT2D eigenvalue weighted by atomic mass is 9.98. The first kappa shape index (κ1) is 41.5. The molecule has 0 bridgehead atoms. The molecule has 0 aliphatic rings. The van der Waals surface area contributed by atoms with Gasteiger partial charge in [-0.2, -0.15) is 10.5 Å². The van der Waals surface area contributed by atoms with Crippen LogP contribution in [0.1, 0.15) is 11.1 Å². The van der Waals surface area contributed by atoms with Crippen molar-refractivity contribution in [2.24, 2.45) is 0 Å². The summed E-state index contributed by atoms with van der Waals surface area (Å²) in [6.45, 7) is 0. The number of nitriles is 2. The van der Waals surface area contributed by atoms with Gasteiger partial charge in [-0.3, -0.25) is 0 Å². The second-order valence-corrected chi connectivity index (χ2v) is 21.8. The van der Waals surface area contributed by atoms with Crippen molar-refractivity contribution in [2.75, 3.05) is 0 Å². The minimum atomic E-state index is 0.286. The maximum absolute atomic E-state index is 12.5. The van der Waals surface area contributed by atoms with Crippen molar-refractivity contribution < 1.29 is 0 Å². The molecule has 6 aromatic heterocycles. The Balaban J connectivity index is 1.22. The molecule has 0 amide bonds. The van der Waals surface area contributed by atoms with Crippen molar-refractivity contribution in [1.29, 1.82) is 10.5 Å². The van der Waals surface area contributed by atoms with Gasteiger partial charge in [0.25, 0.3) is 0 Å². The molecule has 0 spiro atoms. The van der Waals surface area contributed by atoms with Crippen LogP contribution in [0.2, 0.25) is 0 Å². The highest BCUT2D eigenvalue weighted by Gasteiger charge is 2.35. The third kappa shape index (κ3) is 5.26. The second kappa shape index (κ2) is 15.3. The molecule has 0 unspecified atom stereocenters. The van der Waals surface area contributed by atoms with Crippen LogP contribution in [-0.4, -0.2) is 18.3 Å². The van der Waals surface area contributed by atoms with Gasteiger partial charge in [0.05, 0.1) is 87.4 Å². The zero-order chi connectivity index (χ0) is 49.9. The maximum atomic E-state index is 12.5. The maximum Gasteiger partial charge on any atom is 0.103 e. The van der Waals surface area contributed by atoms with Crippen molar-refractivity contribution in [3.63, 3.8) is 0 Å². The molecule has 350 valence electrons. The van der Waals surface area contributed by atoms with Crippen LogP contribution >= 0.6 is 22.7 Å². The smallest absolute Gasteiger partial charge is 0.103 e. The van der Waals surface area contributed by atoms with Gasteiger partial charge >= 0.3 is 0 Å². The number of nitrogens with zero attached hydrogens (tertiary/aromatic N) is 6. The molecular formula is C68H36N6S2. The van der Waals surface area contributed by atoms with Gasteiger partial charge in [0.2, 0.25) is 0 Å². The molecule has 6 nitrogen and oxygen atoms in total. The topological polar surface area (TPSA) is 67.3 Å². The summed E-state index contributed by atoms with van der Waals surface area (Å²) in [4.78, 5) is 0. The van der Waals surface area contributed by atoms with Crippen molar-refractivity contribution in [3.8, 4) is 34.9 Å². The molecular weight excluding hydrogens is 965 g/mol. The normalized spacial score (nSPS) is 12.2. The number of aromatic nitrogens is 4. The summed E-state index contributed by atoms with van der Waals surface area (Å²) in [5.41, 5.74) is 11.2. The van der Waals surface area contributed by atoms with Crippen LogP contribution in [-0.2, 0) is 0 Å². The van der Waals surface area contributed by atoms with E-state index >= 15 is 0 Å². The summed E-state index contributed by atoms with van der Waals surface area (Å²) in [6.07, 6.45) is 0. The lowest BCUT2D eigenvalue weighted by Crippen LogP contribution is -2.17. The molecule has 0 atom stereocenters. The van der Waals surface area contributed by atoms with E-state index < -0.39 is 0 Å². The highest BCUT2D eigenvalue weighted by atomic mass is 32.1. The van der Waals surface area contributed by atoms with Crippen LogP contribution in [0.15, 0.2) is 218 Å². The van der Waals surface area contributed by atoms with Gasteiger partial charge in [-0.05, 0) is 48.5 Å². The first-order valence-corrected chi connectivity index (χ1v) is 27.0. The lowest BCUT2D eigenvalue weighted by molar-refractivity contribution is 1.01. The largest absolute Gasteiger partial charge is 0.305 e. The number of thiophene rings is 2. The van der Waals surface area contributed by atoms with Gasteiger partial charge in [-0.25, -0.2) is 0 Å².